The Morgan fingerprint density at radius 2 is 0.963 bits per heavy atom. The number of thiophene rings is 3. The molecule has 0 saturated carbocycles. The summed E-state index contributed by atoms with van der Waals surface area (Å²) in [6, 6.07) is 19.5. The fraction of sp³-hybridized carbons (Fsp3) is 0. The topological polar surface area (TPSA) is 95.2 Å². The van der Waals surface area contributed by atoms with Crippen LogP contribution in [0.4, 0.5) is 0 Å². The summed E-state index contributed by atoms with van der Waals surface area (Å²) < 4.78 is 0. The highest BCUT2D eigenvalue weighted by Gasteiger charge is 2.12. The predicted octanol–water partition coefficient (Wildman–Crippen LogP) is 6.07. The molecule has 0 radical (unpaired) electrons. The van der Waals surface area contributed by atoms with Crippen LogP contribution in [0.2, 0.25) is 0 Å². The molecule has 0 amide bonds. The van der Waals surface area contributed by atoms with E-state index in [-0.39, 0.29) is 0 Å². The van der Waals surface area contributed by atoms with Crippen molar-refractivity contribution in [3.05, 3.63) is 58.3 Å². The molecule has 126 valence electrons. The van der Waals surface area contributed by atoms with Crippen LogP contribution in [-0.4, -0.2) is 0 Å². The molecule has 0 aliphatic heterocycles. The first-order valence-corrected chi connectivity index (χ1v) is 9.96. The van der Waals surface area contributed by atoms with E-state index in [0.29, 0.717) is 11.1 Å². The van der Waals surface area contributed by atoms with Crippen molar-refractivity contribution in [2.45, 2.75) is 0 Å². The molecular formula is C20H8N4S3. The van der Waals surface area contributed by atoms with Gasteiger partial charge in [0.25, 0.3) is 0 Å². The Kier molecular flexibility index (Phi) is 5.62. The number of hydrogen-bond donors (Lipinski definition) is 0. The van der Waals surface area contributed by atoms with Crippen LogP contribution < -0.4 is 0 Å². The van der Waals surface area contributed by atoms with E-state index in [1.807, 2.05) is 60.7 Å². The Balaban J connectivity index is 1.89. The first-order chi connectivity index (χ1) is 13.2. The highest BCUT2D eigenvalue weighted by molar-refractivity contribution is 7.26. The summed E-state index contributed by atoms with van der Waals surface area (Å²) in [4.78, 5) is 5.72. The van der Waals surface area contributed by atoms with Gasteiger partial charge in [0.05, 0.1) is 23.3 Å². The molecule has 0 bridgehead atoms. The molecule has 0 spiro atoms. The lowest BCUT2D eigenvalue weighted by Crippen LogP contribution is -1.71. The summed E-state index contributed by atoms with van der Waals surface area (Å²) in [7, 11) is 0. The van der Waals surface area contributed by atoms with E-state index in [0.717, 1.165) is 29.3 Å². The van der Waals surface area contributed by atoms with E-state index in [9.17, 15) is 0 Å². The summed E-state index contributed by atoms with van der Waals surface area (Å²) in [6.45, 7) is 0. The van der Waals surface area contributed by atoms with Gasteiger partial charge in [0, 0.05) is 41.4 Å². The number of nitrogens with zero attached hydrogens (tertiary/aromatic N) is 4. The number of allylic oxidation sites excluding steroid dienone is 4. The normalized spacial score (nSPS) is 11.3. The first-order valence-electron chi connectivity index (χ1n) is 7.51. The van der Waals surface area contributed by atoms with Gasteiger partial charge in [-0.25, -0.2) is 0 Å². The zero-order valence-electron chi connectivity index (χ0n) is 13.6. The third kappa shape index (κ3) is 3.87. The minimum Gasteiger partial charge on any atom is -0.193 e. The van der Waals surface area contributed by atoms with Crippen LogP contribution in [0.1, 0.15) is 9.75 Å². The van der Waals surface area contributed by atoms with Gasteiger partial charge in [0.15, 0.2) is 0 Å². The van der Waals surface area contributed by atoms with E-state index in [1.54, 1.807) is 11.3 Å². The summed E-state index contributed by atoms with van der Waals surface area (Å²) in [6.07, 6.45) is 2.51. The Morgan fingerprint density at radius 1 is 0.593 bits per heavy atom. The van der Waals surface area contributed by atoms with Crippen LogP contribution in [0, 0.1) is 45.3 Å². The molecule has 3 aromatic heterocycles. The summed E-state index contributed by atoms with van der Waals surface area (Å²) >= 11 is 4.56. The Bertz CT molecular complexity index is 1130. The first kappa shape index (κ1) is 18.3. The molecule has 0 atom stereocenters. The van der Waals surface area contributed by atoms with Crippen LogP contribution in [0.25, 0.3) is 30.7 Å². The zero-order chi connectivity index (χ0) is 19.2. The average Bonchev–Trinajstić information content (AvgIpc) is 3.43. The van der Waals surface area contributed by atoms with Crippen molar-refractivity contribution >= 4 is 45.2 Å². The van der Waals surface area contributed by atoms with Crippen LogP contribution in [0.3, 0.4) is 0 Å². The molecule has 3 rings (SSSR count). The van der Waals surface area contributed by atoms with Gasteiger partial charge < -0.3 is 0 Å². The van der Waals surface area contributed by atoms with Crippen LogP contribution in [0.5, 0.6) is 0 Å². The second-order valence-corrected chi connectivity index (χ2v) is 8.34. The zero-order valence-corrected chi connectivity index (χ0v) is 16.1. The van der Waals surface area contributed by atoms with Crippen molar-refractivity contribution in [2.24, 2.45) is 0 Å². The van der Waals surface area contributed by atoms with E-state index in [4.69, 9.17) is 21.0 Å². The monoisotopic (exact) mass is 400 g/mol. The largest absolute Gasteiger partial charge is 0.193 e. The molecule has 0 aliphatic rings. The average molecular weight is 401 g/mol. The number of nitriles is 4. The molecule has 3 heterocycles. The van der Waals surface area contributed by atoms with Gasteiger partial charge in [-0.15, -0.1) is 34.0 Å². The van der Waals surface area contributed by atoms with Crippen molar-refractivity contribution < 1.29 is 0 Å². The van der Waals surface area contributed by atoms with Gasteiger partial charge in [-0.1, -0.05) is 0 Å². The second-order valence-electron chi connectivity index (χ2n) is 5.09. The third-order valence-corrected chi connectivity index (χ3v) is 7.21. The molecular weight excluding hydrogens is 392 g/mol. The molecule has 0 saturated heterocycles. The van der Waals surface area contributed by atoms with Crippen molar-refractivity contribution in [1.82, 2.24) is 0 Å². The Hall–Kier alpha value is -3.46. The quantitative estimate of drug-likeness (QED) is 0.497. The van der Waals surface area contributed by atoms with E-state index >= 15 is 0 Å². The maximum atomic E-state index is 9.14. The van der Waals surface area contributed by atoms with Gasteiger partial charge in [-0.05, 0) is 36.4 Å². The highest BCUT2D eigenvalue weighted by Crippen LogP contribution is 2.41. The lowest BCUT2D eigenvalue weighted by molar-refractivity contribution is 1.52. The van der Waals surface area contributed by atoms with Gasteiger partial charge >= 0.3 is 0 Å². The van der Waals surface area contributed by atoms with Gasteiger partial charge in [0.2, 0.25) is 0 Å². The Morgan fingerprint density at radius 3 is 1.33 bits per heavy atom. The van der Waals surface area contributed by atoms with Crippen LogP contribution in [0.15, 0.2) is 48.6 Å². The second kappa shape index (κ2) is 8.28. The molecule has 7 heteroatoms. The molecule has 0 N–H and O–H groups in total. The van der Waals surface area contributed by atoms with Crippen molar-refractivity contribution in [3.8, 4) is 43.8 Å². The fourth-order valence-electron chi connectivity index (χ4n) is 2.28. The van der Waals surface area contributed by atoms with Gasteiger partial charge in [0.1, 0.15) is 12.1 Å². The maximum Gasteiger partial charge on any atom is 0.101 e. The van der Waals surface area contributed by atoms with E-state index < -0.39 is 0 Å². The smallest absolute Gasteiger partial charge is 0.101 e. The third-order valence-electron chi connectivity index (χ3n) is 3.49. The molecule has 4 nitrogen and oxygen atoms in total. The molecule has 3 aromatic rings. The SMILES string of the molecule is N#CC=C(C#N)c1ccc(-c2ccc(-c3ccc(C(C#N)=CC#N)s3)s2)s1. The van der Waals surface area contributed by atoms with Crippen LogP contribution >= 0.6 is 34.0 Å². The molecule has 0 aromatic carbocycles. The maximum absolute atomic E-state index is 9.14. The number of rotatable bonds is 4. The lowest BCUT2D eigenvalue weighted by atomic mass is 10.2. The highest BCUT2D eigenvalue weighted by atomic mass is 32.1. The summed E-state index contributed by atoms with van der Waals surface area (Å²) in [5.74, 6) is 0. The van der Waals surface area contributed by atoms with Crippen molar-refractivity contribution in [1.29, 1.82) is 21.0 Å². The van der Waals surface area contributed by atoms with E-state index in [2.05, 4.69) is 0 Å². The molecule has 0 aliphatic carbocycles. The molecule has 27 heavy (non-hydrogen) atoms. The van der Waals surface area contributed by atoms with Crippen molar-refractivity contribution in [3.63, 3.8) is 0 Å². The summed E-state index contributed by atoms with van der Waals surface area (Å²) in [5, 5.41) is 35.8. The molecule has 0 fully saturated rings. The minimum atomic E-state index is 0.363. The standard InChI is InChI=1S/C20H8N4S3/c21-9-7-13(11-23)15-1-3-17(25-15)19-5-6-20(27-19)18-4-2-16(26-18)14(12-24)8-10-22/h1-8H. The van der Waals surface area contributed by atoms with Crippen LogP contribution in [-0.2, 0) is 0 Å². The number of hydrogen-bond acceptors (Lipinski definition) is 7. The predicted molar refractivity (Wildman–Crippen MR) is 109 cm³/mol. The lowest BCUT2D eigenvalue weighted by Gasteiger charge is -1.92. The van der Waals surface area contributed by atoms with Crippen molar-refractivity contribution in [2.75, 3.05) is 0 Å². The van der Waals surface area contributed by atoms with Gasteiger partial charge in [-0.3, -0.25) is 0 Å². The summed E-state index contributed by atoms with van der Waals surface area (Å²) in [5.41, 5.74) is 0.725. The Labute approximate surface area is 168 Å². The van der Waals surface area contributed by atoms with E-state index in [1.165, 1.54) is 34.8 Å². The molecule has 0 unspecified atom stereocenters. The fourth-order valence-corrected chi connectivity index (χ4v) is 5.41. The minimum absolute atomic E-state index is 0.363. The van der Waals surface area contributed by atoms with Gasteiger partial charge in [-0.2, -0.15) is 21.0 Å².